The normalized spacial score (nSPS) is 26.8. The van der Waals surface area contributed by atoms with Crippen LogP contribution in [0.1, 0.15) is 40.0 Å². The van der Waals surface area contributed by atoms with Crippen LogP contribution in [0.15, 0.2) is 0 Å². The van der Waals surface area contributed by atoms with Crippen LogP contribution in [-0.4, -0.2) is 106 Å². The number of hydrogen-bond donors (Lipinski definition) is 9. The number of nitrogens with one attached hydrogen (secondary N) is 6. The van der Waals surface area contributed by atoms with E-state index < -0.39 is 110 Å². The lowest BCUT2D eigenvalue weighted by Crippen LogP contribution is -2.61. The van der Waals surface area contributed by atoms with E-state index in [-0.39, 0.29) is 0 Å². The van der Waals surface area contributed by atoms with Crippen LogP contribution in [0, 0.1) is 5.92 Å². The molecule has 0 aliphatic carbocycles. The molecule has 0 saturated carbocycles. The number of carboxylic acid groups (broad SMARTS) is 2. The van der Waals surface area contributed by atoms with Gasteiger partial charge < -0.3 is 47.2 Å². The number of carboxylic acids is 2. The van der Waals surface area contributed by atoms with Crippen LogP contribution >= 0.6 is 0 Å². The van der Waals surface area contributed by atoms with Gasteiger partial charge in [0, 0.05) is 0 Å². The van der Waals surface area contributed by atoms with Gasteiger partial charge in [-0.15, -0.1) is 0 Å². The van der Waals surface area contributed by atoms with Crippen LogP contribution in [0.5, 0.6) is 0 Å². The van der Waals surface area contributed by atoms with Crippen molar-refractivity contribution in [3.8, 4) is 0 Å². The Hall–Kier alpha value is -4.28. The van der Waals surface area contributed by atoms with Crippen LogP contribution in [0.25, 0.3) is 0 Å². The predicted octanol–water partition coefficient (Wildman–Crippen LogP) is -4.45. The second-order valence-electron chi connectivity index (χ2n) is 8.94. The highest BCUT2D eigenvalue weighted by Gasteiger charge is 2.34. The zero-order chi connectivity index (χ0) is 29.9. The molecule has 0 aromatic rings. The first-order chi connectivity index (χ1) is 18.2. The minimum Gasteiger partial charge on any atom is -0.481 e. The van der Waals surface area contributed by atoms with Crippen molar-refractivity contribution in [2.45, 2.75) is 70.2 Å². The number of aliphatic hydroxyl groups excluding tert-OH is 1. The predicted molar refractivity (Wildman–Crippen MR) is 129 cm³/mol. The van der Waals surface area contributed by atoms with Crippen LogP contribution < -0.4 is 31.9 Å². The molecular formula is C22H34N6O11. The summed E-state index contributed by atoms with van der Waals surface area (Å²) >= 11 is 0. The minimum absolute atomic E-state index is 0.359. The van der Waals surface area contributed by atoms with Crippen LogP contribution in [0.3, 0.4) is 0 Å². The van der Waals surface area contributed by atoms with E-state index in [1.165, 1.54) is 6.92 Å². The summed E-state index contributed by atoms with van der Waals surface area (Å²) < 4.78 is 0. The molecule has 6 atom stereocenters. The zero-order valence-corrected chi connectivity index (χ0v) is 21.6. The maximum Gasteiger partial charge on any atom is 0.305 e. The Balaban J connectivity index is 3.44. The molecule has 39 heavy (non-hydrogen) atoms. The number of rotatable bonds is 7. The third-order valence-electron chi connectivity index (χ3n) is 5.83. The number of aliphatic hydroxyl groups is 1. The van der Waals surface area contributed by atoms with Crippen molar-refractivity contribution in [2.75, 3.05) is 13.2 Å². The van der Waals surface area contributed by atoms with Gasteiger partial charge in [-0.05, 0) is 12.8 Å². The molecular weight excluding hydrogens is 524 g/mol. The molecule has 0 radical (unpaired) electrons. The van der Waals surface area contributed by atoms with Gasteiger partial charge in [-0.25, -0.2) is 0 Å². The summed E-state index contributed by atoms with van der Waals surface area (Å²) in [6.07, 6.45) is -1.55. The Morgan fingerprint density at radius 2 is 1.26 bits per heavy atom. The molecule has 0 bridgehead atoms. The average molecular weight is 559 g/mol. The molecule has 1 fully saturated rings. The average Bonchev–Trinajstić information content (AvgIpc) is 2.86. The Kier molecular flexibility index (Phi) is 12.8. The van der Waals surface area contributed by atoms with E-state index in [1.807, 2.05) is 0 Å². The molecule has 0 aromatic heterocycles. The maximum atomic E-state index is 13.0. The molecule has 1 aliphatic rings. The van der Waals surface area contributed by atoms with Gasteiger partial charge in [-0.1, -0.05) is 20.3 Å². The SMILES string of the molecule is CCC(C)[C@H]1NC(=O)CNC(=O)[C@@H](CO)NC(=O)[C@H](C)NC(=O)[C@H](CC(=O)O)NC(=O)[C@H](CC(=O)O)NC1=O. The van der Waals surface area contributed by atoms with Gasteiger partial charge in [0.25, 0.3) is 0 Å². The Morgan fingerprint density at radius 3 is 1.74 bits per heavy atom. The van der Waals surface area contributed by atoms with E-state index in [4.69, 9.17) is 0 Å². The van der Waals surface area contributed by atoms with Crippen molar-refractivity contribution < 1.29 is 53.7 Å². The third kappa shape index (κ3) is 10.5. The molecule has 9 N–H and O–H groups in total. The second kappa shape index (κ2) is 15.2. The number of hydrogen-bond acceptors (Lipinski definition) is 9. The lowest BCUT2D eigenvalue weighted by Gasteiger charge is -2.27. The van der Waals surface area contributed by atoms with Crippen molar-refractivity contribution in [3.05, 3.63) is 0 Å². The van der Waals surface area contributed by atoms with Gasteiger partial charge in [0.15, 0.2) is 0 Å². The number of aliphatic carboxylic acids is 2. The van der Waals surface area contributed by atoms with E-state index in [9.17, 15) is 53.7 Å². The molecule has 218 valence electrons. The fraction of sp³-hybridized carbons (Fsp3) is 0.636. The van der Waals surface area contributed by atoms with Crippen molar-refractivity contribution >= 4 is 47.4 Å². The summed E-state index contributed by atoms with van der Waals surface area (Å²) in [4.78, 5) is 98.7. The Labute approximate surface area is 222 Å². The fourth-order valence-electron chi connectivity index (χ4n) is 3.39. The smallest absolute Gasteiger partial charge is 0.305 e. The fourth-order valence-corrected chi connectivity index (χ4v) is 3.39. The topological polar surface area (TPSA) is 269 Å². The molecule has 1 unspecified atom stereocenters. The summed E-state index contributed by atoms with van der Waals surface area (Å²) in [6, 6.07) is -7.76. The highest BCUT2D eigenvalue weighted by molar-refractivity contribution is 5.99. The van der Waals surface area contributed by atoms with E-state index in [2.05, 4.69) is 31.9 Å². The highest BCUT2D eigenvalue weighted by atomic mass is 16.4. The first-order valence-electron chi connectivity index (χ1n) is 12.0. The first kappa shape index (κ1) is 32.7. The molecule has 17 heteroatoms. The lowest BCUT2D eigenvalue weighted by molar-refractivity contribution is -0.143. The summed E-state index contributed by atoms with van der Waals surface area (Å²) in [5, 5.41) is 41.1. The van der Waals surface area contributed by atoms with Gasteiger partial charge >= 0.3 is 11.9 Å². The van der Waals surface area contributed by atoms with Gasteiger partial charge in [0.05, 0.1) is 26.0 Å². The van der Waals surface area contributed by atoms with Crippen LogP contribution in [-0.2, 0) is 38.4 Å². The second-order valence-corrected chi connectivity index (χ2v) is 8.94. The van der Waals surface area contributed by atoms with Crippen molar-refractivity contribution in [2.24, 2.45) is 5.92 Å². The Morgan fingerprint density at radius 1 is 0.769 bits per heavy atom. The van der Waals surface area contributed by atoms with Crippen LogP contribution in [0.2, 0.25) is 0 Å². The third-order valence-corrected chi connectivity index (χ3v) is 5.83. The summed E-state index contributed by atoms with van der Waals surface area (Å²) in [5.74, 6) is -9.59. The molecule has 1 saturated heterocycles. The first-order valence-corrected chi connectivity index (χ1v) is 12.0. The molecule has 1 heterocycles. The van der Waals surface area contributed by atoms with E-state index in [0.717, 1.165) is 0 Å². The summed E-state index contributed by atoms with van der Waals surface area (Å²) in [6.45, 7) is 2.93. The van der Waals surface area contributed by atoms with E-state index in [0.29, 0.717) is 6.42 Å². The molecule has 0 spiro atoms. The lowest BCUT2D eigenvalue weighted by atomic mass is 9.97. The summed E-state index contributed by atoms with van der Waals surface area (Å²) in [7, 11) is 0. The van der Waals surface area contributed by atoms with Gasteiger partial charge in [-0.2, -0.15) is 0 Å². The largest absolute Gasteiger partial charge is 0.481 e. The van der Waals surface area contributed by atoms with Crippen LogP contribution in [0.4, 0.5) is 0 Å². The maximum absolute atomic E-state index is 13.0. The zero-order valence-electron chi connectivity index (χ0n) is 21.6. The number of amides is 6. The molecule has 1 rings (SSSR count). The number of carbonyl (C=O) groups is 8. The quantitative estimate of drug-likeness (QED) is 0.144. The molecule has 1 aliphatic heterocycles. The standard InChI is InChI=1S/C22H34N6O11/c1-4-9(2)17-22(39)26-12(6-16(33)34)21(38)25-11(5-15(31)32)20(37)24-10(3)18(35)27-13(8-29)19(36)23-7-14(30)28-17/h9-13,17,29H,4-8H2,1-3H3,(H,23,36)(H,24,37)(H,25,38)(H,26,39)(H,27,35)(H,28,30)(H,31,32)(H,33,34)/t9?,10-,11-,12-,13+,17+/m0/s1. The summed E-state index contributed by atoms with van der Waals surface area (Å²) in [5.41, 5.74) is 0. The highest BCUT2D eigenvalue weighted by Crippen LogP contribution is 2.09. The van der Waals surface area contributed by atoms with Gasteiger partial charge in [0.2, 0.25) is 35.4 Å². The van der Waals surface area contributed by atoms with Crippen molar-refractivity contribution in [1.82, 2.24) is 31.9 Å². The monoisotopic (exact) mass is 558 g/mol. The number of carbonyl (C=O) groups excluding carboxylic acids is 6. The molecule has 6 amide bonds. The molecule has 0 aromatic carbocycles. The van der Waals surface area contributed by atoms with Gasteiger partial charge in [0.1, 0.15) is 30.2 Å². The van der Waals surface area contributed by atoms with E-state index >= 15 is 0 Å². The molecule has 17 nitrogen and oxygen atoms in total. The minimum atomic E-state index is -1.79. The van der Waals surface area contributed by atoms with Crippen molar-refractivity contribution in [3.63, 3.8) is 0 Å². The Bertz CT molecular complexity index is 988. The van der Waals surface area contributed by atoms with E-state index in [1.54, 1.807) is 13.8 Å². The van der Waals surface area contributed by atoms with Crippen molar-refractivity contribution in [1.29, 1.82) is 0 Å². The van der Waals surface area contributed by atoms with Gasteiger partial charge in [-0.3, -0.25) is 38.4 Å².